The van der Waals surface area contributed by atoms with E-state index in [-0.39, 0.29) is 6.04 Å². The monoisotopic (exact) mass is 420 g/mol. The van der Waals surface area contributed by atoms with E-state index in [1.54, 1.807) is 11.4 Å². The summed E-state index contributed by atoms with van der Waals surface area (Å²) in [4.78, 5) is 0. The van der Waals surface area contributed by atoms with Gasteiger partial charge >= 0.3 is 0 Å². The smallest absolute Gasteiger partial charge is 0.211 e. The average Bonchev–Trinajstić information content (AvgIpc) is 3.11. The minimum atomic E-state index is -3.21. The van der Waals surface area contributed by atoms with Crippen LogP contribution < -0.4 is 10.1 Å². The lowest BCUT2D eigenvalue weighted by molar-refractivity contribution is 0.374. The highest BCUT2D eigenvalue weighted by molar-refractivity contribution is 7.99. The fraction of sp³-hybridized carbons (Fsp3) is 0.429. The second-order valence-corrected chi connectivity index (χ2v) is 10.3. The number of ether oxygens (including phenoxy) is 1. The standard InChI is InChI=1S/C21H28N2O3S2/c1-26-20-10-8-18(9-11-20)16-27-21-12-19(23(15-21)28(2,24)25)14-22-13-17-6-4-3-5-7-17/h3-11,19,21-22H,12-16H2,1-2H3/t19-,21+/m0/s1. The van der Waals surface area contributed by atoms with Crippen molar-refractivity contribution < 1.29 is 13.2 Å². The molecule has 0 aromatic heterocycles. The topological polar surface area (TPSA) is 58.6 Å². The van der Waals surface area contributed by atoms with Crippen molar-refractivity contribution in [3.8, 4) is 5.75 Å². The Hall–Kier alpha value is -1.54. The van der Waals surface area contributed by atoms with Gasteiger partial charge in [-0.2, -0.15) is 16.1 Å². The lowest BCUT2D eigenvalue weighted by Crippen LogP contribution is -2.40. The molecule has 0 aliphatic carbocycles. The highest BCUT2D eigenvalue weighted by Gasteiger charge is 2.37. The van der Waals surface area contributed by atoms with Crippen molar-refractivity contribution in [3.05, 3.63) is 65.7 Å². The van der Waals surface area contributed by atoms with Crippen molar-refractivity contribution in [2.24, 2.45) is 0 Å². The van der Waals surface area contributed by atoms with Crippen LogP contribution in [0.3, 0.4) is 0 Å². The number of sulfonamides is 1. The van der Waals surface area contributed by atoms with Crippen LogP contribution in [0.15, 0.2) is 54.6 Å². The van der Waals surface area contributed by atoms with Gasteiger partial charge < -0.3 is 10.1 Å². The number of methoxy groups -OCH3 is 1. The first-order valence-corrected chi connectivity index (χ1v) is 12.3. The molecule has 0 bridgehead atoms. The van der Waals surface area contributed by atoms with Crippen molar-refractivity contribution in [3.63, 3.8) is 0 Å². The van der Waals surface area contributed by atoms with E-state index >= 15 is 0 Å². The zero-order chi connectivity index (χ0) is 20.0. The van der Waals surface area contributed by atoms with Gasteiger partial charge in [-0.1, -0.05) is 42.5 Å². The van der Waals surface area contributed by atoms with Crippen LogP contribution in [0.4, 0.5) is 0 Å². The van der Waals surface area contributed by atoms with E-state index in [2.05, 4.69) is 29.6 Å². The quantitative estimate of drug-likeness (QED) is 0.675. The second kappa shape index (κ2) is 9.78. The van der Waals surface area contributed by atoms with Crippen molar-refractivity contribution in [1.29, 1.82) is 0 Å². The van der Waals surface area contributed by atoms with Gasteiger partial charge in [-0.3, -0.25) is 0 Å². The fourth-order valence-corrected chi connectivity index (χ4v) is 5.96. The molecule has 0 radical (unpaired) electrons. The maximum atomic E-state index is 12.2. The van der Waals surface area contributed by atoms with Crippen molar-refractivity contribution in [1.82, 2.24) is 9.62 Å². The third-order valence-corrected chi connectivity index (χ3v) is 7.56. The Morgan fingerprint density at radius 2 is 1.82 bits per heavy atom. The van der Waals surface area contributed by atoms with Gasteiger partial charge in [0.25, 0.3) is 0 Å². The van der Waals surface area contributed by atoms with E-state index in [4.69, 9.17) is 4.74 Å². The average molecular weight is 421 g/mol. The molecule has 152 valence electrons. The lowest BCUT2D eigenvalue weighted by Gasteiger charge is -2.22. The summed E-state index contributed by atoms with van der Waals surface area (Å²) in [5.74, 6) is 1.72. The molecule has 0 spiro atoms. The van der Waals surface area contributed by atoms with Gasteiger partial charge in [-0.25, -0.2) is 8.42 Å². The van der Waals surface area contributed by atoms with Gasteiger partial charge in [0, 0.05) is 36.7 Å². The Bertz CT molecular complexity index is 842. The van der Waals surface area contributed by atoms with Crippen LogP contribution in [-0.4, -0.2) is 50.5 Å². The molecular formula is C21H28N2O3S2. The minimum Gasteiger partial charge on any atom is -0.497 e. The molecular weight excluding hydrogens is 392 g/mol. The Morgan fingerprint density at radius 1 is 1.11 bits per heavy atom. The molecule has 0 amide bonds. The summed E-state index contributed by atoms with van der Waals surface area (Å²) in [5, 5.41) is 3.73. The van der Waals surface area contributed by atoms with Gasteiger partial charge in [0.15, 0.2) is 0 Å². The molecule has 2 aromatic carbocycles. The van der Waals surface area contributed by atoms with Crippen molar-refractivity contribution >= 4 is 21.8 Å². The Labute approximate surface area is 172 Å². The molecule has 1 N–H and O–H groups in total. The molecule has 7 heteroatoms. The first kappa shape index (κ1) is 21.2. The third kappa shape index (κ3) is 5.98. The largest absolute Gasteiger partial charge is 0.497 e. The molecule has 1 fully saturated rings. The van der Waals surface area contributed by atoms with E-state index in [1.165, 1.54) is 17.4 Å². The molecule has 1 aliphatic rings. The Kier molecular flexibility index (Phi) is 7.40. The van der Waals surface area contributed by atoms with Gasteiger partial charge in [-0.15, -0.1) is 0 Å². The molecule has 1 heterocycles. The molecule has 3 rings (SSSR count). The first-order valence-electron chi connectivity index (χ1n) is 9.41. The molecule has 0 unspecified atom stereocenters. The normalized spacial score (nSPS) is 20.4. The molecule has 1 saturated heterocycles. The predicted molar refractivity (Wildman–Crippen MR) is 116 cm³/mol. The molecule has 5 nitrogen and oxygen atoms in total. The van der Waals surface area contributed by atoms with E-state index in [0.717, 1.165) is 24.5 Å². The van der Waals surface area contributed by atoms with Crippen LogP contribution in [0.2, 0.25) is 0 Å². The molecule has 2 atom stereocenters. The maximum absolute atomic E-state index is 12.2. The highest BCUT2D eigenvalue weighted by atomic mass is 32.2. The zero-order valence-electron chi connectivity index (χ0n) is 16.4. The van der Waals surface area contributed by atoms with Crippen LogP contribution in [0.25, 0.3) is 0 Å². The minimum absolute atomic E-state index is 0.00656. The van der Waals surface area contributed by atoms with Crippen molar-refractivity contribution in [2.75, 3.05) is 26.5 Å². The molecule has 1 aliphatic heterocycles. The van der Waals surface area contributed by atoms with Crippen LogP contribution in [0, 0.1) is 0 Å². The third-order valence-electron chi connectivity index (χ3n) is 4.95. The van der Waals surface area contributed by atoms with E-state index in [9.17, 15) is 8.42 Å². The summed E-state index contributed by atoms with van der Waals surface area (Å²) in [7, 11) is -1.55. The van der Waals surface area contributed by atoms with Crippen LogP contribution in [-0.2, 0) is 22.3 Å². The van der Waals surface area contributed by atoms with Gasteiger partial charge in [-0.05, 0) is 29.7 Å². The van der Waals surface area contributed by atoms with E-state index < -0.39 is 10.0 Å². The number of hydrogen-bond acceptors (Lipinski definition) is 5. The first-order chi connectivity index (χ1) is 13.5. The van der Waals surface area contributed by atoms with Crippen molar-refractivity contribution in [2.45, 2.75) is 30.0 Å². The zero-order valence-corrected chi connectivity index (χ0v) is 18.0. The lowest BCUT2D eigenvalue weighted by atomic mass is 10.2. The highest BCUT2D eigenvalue weighted by Crippen LogP contribution is 2.31. The summed E-state index contributed by atoms with van der Waals surface area (Å²) in [5.41, 5.74) is 2.43. The van der Waals surface area contributed by atoms with Gasteiger partial charge in [0.1, 0.15) is 5.75 Å². The predicted octanol–water partition coefficient (Wildman–Crippen LogP) is 3.12. The summed E-state index contributed by atoms with van der Waals surface area (Å²) in [6.07, 6.45) is 2.18. The molecule has 0 saturated carbocycles. The summed E-state index contributed by atoms with van der Waals surface area (Å²) in [6.45, 7) is 2.00. The van der Waals surface area contributed by atoms with Crippen LogP contribution >= 0.6 is 11.8 Å². The number of benzene rings is 2. The number of nitrogens with one attached hydrogen (secondary N) is 1. The second-order valence-electron chi connectivity index (χ2n) is 7.12. The maximum Gasteiger partial charge on any atom is 0.211 e. The fourth-order valence-electron chi connectivity index (χ4n) is 3.47. The number of hydrogen-bond donors (Lipinski definition) is 1. The number of rotatable bonds is 9. The van der Waals surface area contributed by atoms with E-state index in [1.807, 2.05) is 42.1 Å². The Balaban J connectivity index is 1.54. The summed E-state index contributed by atoms with van der Waals surface area (Å²) < 4.78 is 31.3. The van der Waals surface area contributed by atoms with Gasteiger partial charge in [0.05, 0.1) is 13.4 Å². The number of nitrogens with zero attached hydrogens (tertiary/aromatic N) is 1. The van der Waals surface area contributed by atoms with Crippen LogP contribution in [0.5, 0.6) is 5.75 Å². The SMILES string of the molecule is COc1ccc(CS[C@@H]2C[C@@H](CNCc3ccccc3)N(S(C)(=O)=O)C2)cc1. The molecule has 28 heavy (non-hydrogen) atoms. The van der Waals surface area contributed by atoms with Crippen LogP contribution in [0.1, 0.15) is 17.5 Å². The molecule has 2 aromatic rings. The van der Waals surface area contributed by atoms with Gasteiger partial charge in [0.2, 0.25) is 10.0 Å². The Morgan fingerprint density at radius 3 is 2.46 bits per heavy atom. The summed E-state index contributed by atoms with van der Waals surface area (Å²) >= 11 is 1.83. The van der Waals surface area contributed by atoms with E-state index in [0.29, 0.717) is 18.3 Å². The number of thioether (sulfide) groups is 1. The summed E-state index contributed by atoms with van der Waals surface area (Å²) in [6, 6.07) is 18.2.